The fourth-order valence-corrected chi connectivity index (χ4v) is 4.08. The third kappa shape index (κ3) is 4.26. The molecule has 0 unspecified atom stereocenters. The number of hydrogen-bond acceptors (Lipinski definition) is 2. The van der Waals surface area contributed by atoms with Crippen LogP contribution in [0.4, 0.5) is 30.7 Å². The van der Waals surface area contributed by atoms with E-state index in [-0.39, 0.29) is 18.2 Å². The highest BCUT2D eigenvalue weighted by Gasteiger charge is 2.42. The van der Waals surface area contributed by atoms with Crippen molar-refractivity contribution in [3.05, 3.63) is 34.6 Å². The Labute approximate surface area is 156 Å². The van der Waals surface area contributed by atoms with Gasteiger partial charge in [-0.1, -0.05) is 0 Å². The van der Waals surface area contributed by atoms with Gasteiger partial charge in [0.25, 0.3) is 5.91 Å². The summed E-state index contributed by atoms with van der Waals surface area (Å²) >= 11 is 0. The monoisotopic (exact) mass is 412 g/mol. The highest BCUT2D eigenvalue weighted by molar-refractivity contribution is 5.96. The number of carbonyl (C=O) groups is 1. The van der Waals surface area contributed by atoms with Gasteiger partial charge in [-0.25, -0.2) is 4.39 Å². The van der Waals surface area contributed by atoms with Crippen molar-refractivity contribution in [2.45, 2.75) is 56.5 Å². The van der Waals surface area contributed by atoms with Crippen LogP contribution >= 0.6 is 0 Å². The number of nitrogens with one attached hydrogen (secondary N) is 1. The highest BCUT2D eigenvalue weighted by atomic mass is 19.4. The minimum absolute atomic E-state index is 0.0571. The number of alkyl halides is 6. The van der Waals surface area contributed by atoms with Crippen molar-refractivity contribution in [3.63, 3.8) is 0 Å². The zero-order chi connectivity index (χ0) is 20.7. The van der Waals surface area contributed by atoms with E-state index in [2.05, 4.69) is 10.2 Å². The predicted molar refractivity (Wildman–Crippen MR) is 86.1 cm³/mol. The summed E-state index contributed by atoms with van der Waals surface area (Å²) in [6.07, 6.45) is -6.45. The lowest BCUT2D eigenvalue weighted by Crippen LogP contribution is -2.48. The van der Waals surface area contributed by atoms with Gasteiger partial charge in [0, 0.05) is 12.1 Å². The summed E-state index contributed by atoms with van der Waals surface area (Å²) in [5, 5.41) is 2.43. The molecule has 1 saturated heterocycles. The highest BCUT2D eigenvalue weighted by Crippen LogP contribution is 2.39. The van der Waals surface area contributed by atoms with Crippen LogP contribution in [-0.4, -0.2) is 36.0 Å². The predicted octanol–water partition coefficient (Wildman–Crippen LogP) is 4.61. The molecule has 1 heterocycles. The van der Waals surface area contributed by atoms with E-state index in [9.17, 15) is 35.5 Å². The number of amides is 1. The van der Waals surface area contributed by atoms with Gasteiger partial charge in [-0.15, -0.1) is 0 Å². The van der Waals surface area contributed by atoms with E-state index in [0.717, 1.165) is 38.8 Å². The van der Waals surface area contributed by atoms with Crippen LogP contribution in [0.1, 0.15) is 53.6 Å². The summed E-state index contributed by atoms with van der Waals surface area (Å²) in [6, 6.07) is -0.812. The van der Waals surface area contributed by atoms with Crippen molar-refractivity contribution in [2.24, 2.45) is 0 Å². The molecule has 0 bridgehead atoms. The first-order valence-corrected chi connectivity index (χ1v) is 9.01. The molecule has 10 heteroatoms. The van der Waals surface area contributed by atoms with Gasteiger partial charge in [0.15, 0.2) is 0 Å². The lowest BCUT2D eigenvalue weighted by Gasteiger charge is -2.30. The molecule has 2 fully saturated rings. The summed E-state index contributed by atoms with van der Waals surface area (Å²) < 4.78 is 92.4. The normalized spacial score (nSPS) is 24.0. The Morgan fingerprint density at radius 2 is 1.61 bits per heavy atom. The molecule has 2 atom stereocenters. The molecule has 1 aliphatic carbocycles. The van der Waals surface area contributed by atoms with Crippen LogP contribution in [0.25, 0.3) is 0 Å². The second kappa shape index (κ2) is 7.53. The van der Waals surface area contributed by atoms with Crippen LogP contribution in [0.2, 0.25) is 0 Å². The van der Waals surface area contributed by atoms with Crippen molar-refractivity contribution in [2.75, 3.05) is 13.1 Å². The van der Waals surface area contributed by atoms with Crippen molar-refractivity contribution in [3.8, 4) is 0 Å². The molecule has 28 heavy (non-hydrogen) atoms. The molecule has 1 aliphatic heterocycles. The second-order valence-corrected chi connectivity index (χ2v) is 7.20. The van der Waals surface area contributed by atoms with E-state index in [1.54, 1.807) is 0 Å². The minimum atomic E-state index is -5.31. The van der Waals surface area contributed by atoms with E-state index in [0.29, 0.717) is 6.42 Å². The number of rotatable bonds is 3. The van der Waals surface area contributed by atoms with Gasteiger partial charge in [0.2, 0.25) is 0 Å². The third-order valence-electron chi connectivity index (χ3n) is 5.36. The number of carbonyl (C=O) groups excluding carboxylic acids is 1. The zero-order valence-corrected chi connectivity index (χ0v) is 14.8. The molecule has 1 aromatic carbocycles. The Morgan fingerprint density at radius 1 is 0.964 bits per heavy atom. The summed E-state index contributed by atoms with van der Waals surface area (Å²) in [4.78, 5) is 14.6. The molecule has 156 valence electrons. The van der Waals surface area contributed by atoms with Gasteiger partial charge in [-0.05, 0) is 57.3 Å². The van der Waals surface area contributed by atoms with Gasteiger partial charge in [0.05, 0.1) is 16.7 Å². The average Bonchev–Trinajstić information content (AvgIpc) is 3.23. The number of likely N-dealkylation sites (tertiary alicyclic amines) is 1. The second-order valence-electron chi connectivity index (χ2n) is 7.20. The SMILES string of the molecule is O=C(N[C@H]1CCC[C@H]1N1CCCC1)c1c(F)cc(C(F)(F)F)cc1C(F)(F)F. The van der Waals surface area contributed by atoms with Crippen molar-refractivity contribution in [1.29, 1.82) is 0 Å². The molecular formula is C18H19F7N2O. The zero-order valence-electron chi connectivity index (χ0n) is 14.8. The molecule has 1 aromatic rings. The van der Waals surface area contributed by atoms with E-state index in [4.69, 9.17) is 0 Å². The average molecular weight is 412 g/mol. The molecule has 1 N–H and O–H groups in total. The Kier molecular flexibility index (Phi) is 5.62. The van der Waals surface area contributed by atoms with Crippen LogP contribution in [-0.2, 0) is 12.4 Å². The Balaban J connectivity index is 1.90. The molecule has 3 nitrogen and oxygen atoms in total. The Hall–Kier alpha value is -1.84. The van der Waals surface area contributed by atoms with Gasteiger partial charge >= 0.3 is 12.4 Å². The fraction of sp³-hybridized carbons (Fsp3) is 0.611. The lowest BCUT2D eigenvalue weighted by atomic mass is 10.0. The van der Waals surface area contributed by atoms with E-state index in [1.165, 1.54) is 0 Å². The van der Waals surface area contributed by atoms with Crippen LogP contribution < -0.4 is 5.32 Å². The smallest absolute Gasteiger partial charge is 0.348 e. The fourth-order valence-electron chi connectivity index (χ4n) is 4.08. The summed E-state index contributed by atoms with van der Waals surface area (Å²) in [7, 11) is 0. The van der Waals surface area contributed by atoms with Crippen molar-refractivity contribution in [1.82, 2.24) is 10.2 Å². The quantitative estimate of drug-likeness (QED) is 0.736. The molecule has 2 aliphatic rings. The molecule has 1 amide bonds. The van der Waals surface area contributed by atoms with Crippen LogP contribution in [0.3, 0.4) is 0 Å². The first kappa shape index (κ1) is 20.9. The largest absolute Gasteiger partial charge is 0.417 e. The summed E-state index contributed by atoms with van der Waals surface area (Å²) in [6.45, 7) is 1.64. The summed E-state index contributed by atoms with van der Waals surface area (Å²) in [5.74, 6) is -3.18. The van der Waals surface area contributed by atoms with Gasteiger partial charge in [-0.3, -0.25) is 9.69 Å². The van der Waals surface area contributed by atoms with Crippen molar-refractivity contribution < 1.29 is 35.5 Å². The minimum Gasteiger partial charge on any atom is -0.348 e. The lowest BCUT2D eigenvalue weighted by molar-refractivity contribution is -0.143. The Bertz CT molecular complexity index is 739. The Morgan fingerprint density at radius 3 is 2.18 bits per heavy atom. The summed E-state index contributed by atoms with van der Waals surface area (Å²) in [5.41, 5.74) is -5.11. The third-order valence-corrected chi connectivity index (χ3v) is 5.36. The standard InChI is InChI=1S/C18H19F7N2O/c19-12-9-10(17(20,21)22)8-11(18(23,24)25)15(12)16(28)26-13-4-3-5-14(13)27-6-1-2-7-27/h8-9,13-14H,1-7H2,(H,26,28)/t13-,14+/m0/s1. The molecule has 1 saturated carbocycles. The van der Waals surface area contributed by atoms with Crippen LogP contribution in [0.15, 0.2) is 12.1 Å². The molecule has 0 aromatic heterocycles. The maximum Gasteiger partial charge on any atom is 0.417 e. The van der Waals surface area contributed by atoms with Crippen molar-refractivity contribution >= 4 is 5.91 Å². The first-order valence-electron chi connectivity index (χ1n) is 9.01. The number of nitrogens with zero attached hydrogens (tertiary/aromatic N) is 1. The number of halogens is 7. The van der Waals surface area contributed by atoms with Crippen LogP contribution in [0.5, 0.6) is 0 Å². The molecule has 3 rings (SSSR count). The first-order chi connectivity index (χ1) is 13.0. The van der Waals surface area contributed by atoms with Gasteiger partial charge in [0.1, 0.15) is 5.82 Å². The molecule has 0 spiro atoms. The maximum absolute atomic E-state index is 14.2. The number of hydrogen-bond donors (Lipinski definition) is 1. The van der Waals surface area contributed by atoms with Gasteiger partial charge < -0.3 is 5.32 Å². The maximum atomic E-state index is 14.2. The molecular weight excluding hydrogens is 393 g/mol. The topological polar surface area (TPSA) is 32.3 Å². The van der Waals surface area contributed by atoms with Gasteiger partial charge in [-0.2, -0.15) is 26.3 Å². The van der Waals surface area contributed by atoms with Crippen LogP contribution in [0, 0.1) is 5.82 Å². The number of benzene rings is 1. The van der Waals surface area contributed by atoms with E-state index >= 15 is 0 Å². The molecule has 0 radical (unpaired) electrons. The van der Waals surface area contributed by atoms with E-state index in [1.807, 2.05) is 0 Å². The van der Waals surface area contributed by atoms with E-state index < -0.39 is 46.8 Å².